The number of rotatable bonds is 16. The first kappa shape index (κ1) is 114. The molecule has 0 spiro atoms. The standard InChI is InChI=1S/C28H28N4O3.C16H13ClN2O2.C12H24B2O4.2C12H13BrN2O.C8H5Br2N.C8H6BrN.C5H10O.CH3F.BHNS/c1-31(2)28(33)20-7-5-19(6-8-20)26-16-25-27(35-26)24(11-12-30-25)21-9-10-22(23(15-21)17-29)18-32(3)13-14-34-4;1-19(2)16(20)11-5-3-10(4-6-11)14-9-13-15(21-14)12(17)7-8-18-13;1-9(2)10(3,4)16-13(15-9)14-17-11(5,6)12(7,8)18-14;2*13-12-2-1-10(11(7-12)8-14)9-15-3-5-16-6-4-15;9-4-6-1-2-8(10)3-7(6)5-11;1-6-2-3-8(9)4-7(6)5-10;1-2-4-6-5-3-1;1-2;1-2-3/h5-12,15-16H,13-14,18H2,1-4H3;3-9H,1-2H3;1-8H3;2*1-2,7H,3-6,9H2;1-3H,4H2;2-4H,1H3;1-5H2;1H3;3H/i;;;;;;;;1D;. The van der Waals surface area contributed by atoms with Gasteiger partial charge in [0.25, 0.3) is 11.8 Å². The van der Waals surface area contributed by atoms with Crippen molar-refractivity contribution < 1.29 is 61.7 Å². The summed E-state index contributed by atoms with van der Waals surface area (Å²) < 4.78 is 78.6. The van der Waals surface area contributed by atoms with E-state index in [0.717, 1.165) is 187 Å². The zero-order valence-electron chi connectivity index (χ0n) is 81.4. The van der Waals surface area contributed by atoms with Gasteiger partial charge in [0.05, 0.1) is 127 Å². The van der Waals surface area contributed by atoms with Gasteiger partial charge in [0.2, 0.25) is 0 Å². The Hall–Kier alpha value is -9.17. The second kappa shape index (κ2) is 57.7. The first-order chi connectivity index (χ1) is 66.3. The van der Waals surface area contributed by atoms with Crippen molar-refractivity contribution in [3.05, 3.63) is 266 Å². The van der Waals surface area contributed by atoms with Gasteiger partial charge in [0, 0.05) is 176 Å². The number of hydrogen-bond donors (Lipinski definition) is 1. The van der Waals surface area contributed by atoms with Crippen LogP contribution in [0.1, 0.15) is 152 Å². The van der Waals surface area contributed by atoms with E-state index >= 15 is 0 Å². The number of nitriles is 5. The number of morpholine rings is 2. The van der Waals surface area contributed by atoms with Gasteiger partial charge in [-0.15, -0.1) is 0 Å². The van der Waals surface area contributed by atoms with Crippen LogP contribution in [0.2, 0.25) is 5.02 Å². The zero-order chi connectivity index (χ0) is 102. The molecule has 5 aliphatic heterocycles. The van der Waals surface area contributed by atoms with Crippen molar-refractivity contribution in [3.63, 3.8) is 0 Å². The molecule has 4 aromatic heterocycles. The zero-order valence-corrected chi connectivity index (χ0v) is 90.0. The van der Waals surface area contributed by atoms with Gasteiger partial charge in [-0.2, -0.15) is 26.3 Å². The third-order valence-electron chi connectivity index (χ3n) is 23.0. The van der Waals surface area contributed by atoms with Crippen LogP contribution in [-0.2, 0) is 62.5 Å². The molecule has 5 fully saturated rings. The Balaban J connectivity index is 0.000000223. The molecule has 0 unspecified atom stereocenters. The van der Waals surface area contributed by atoms with E-state index in [4.69, 9.17) is 80.4 Å². The minimum atomic E-state index is -1.00. The number of alkyl halides is 2. The maximum atomic E-state index is 12.2. The summed E-state index contributed by atoms with van der Waals surface area (Å²) in [5.41, 5.74) is 14.8. The molecule has 138 heavy (non-hydrogen) atoms. The van der Waals surface area contributed by atoms with Crippen molar-refractivity contribution in [2.75, 3.05) is 128 Å². The van der Waals surface area contributed by atoms with Crippen LogP contribution in [0.4, 0.5) is 4.39 Å². The normalized spacial score (nSPS) is 15.2. The Kier molecular flexibility index (Phi) is 47.7. The fourth-order valence-corrected chi connectivity index (χ4v) is 15.9. The number of hydrogen-bond acceptors (Lipinski definition) is 24. The van der Waals surface area contributed by atoms with Crippen molar-refractivity contribution >= 4 is 160 Å². The number of fused-ring (bicyclic) bond motifs is 2. The Morgan fingerprint density at radius 3 is 1.25 bits per heavy atom. The summed E-state index contributed by atoms with van der Waals surface area (Å²) >= 11 is 25.9. The van der Waals surface area contributed by atoms with Crippen LogP contribution in [0.5, 0.6) is 0 Å². The third-order valence-corrected chi connectivity index (χ3v) is 25.8. The molecule has 25 nitrogen and oxygen atoms in total. The van der Waals surface area contributed by atoms with E-state index in [0.29, 0.717) is 63.1 Å². The quantitative estimate of drug-likeness (QED) is 0.0534. The Bertz CT molecular complexity index is 5910. The number of ether oxygens (including phenoxy) is 4. The topological polar surface area (TPSA) is 308 Å². The number of likely N-dealkylation sites (N-methyl/N-ethyl adjacent to an activating group) is 1. The predicted molar refractivity (Wildman–Crippen MR) is 564 cm³/mol. The molecule has 0 bridgehead atoms. The summed E-state index contributed by atoms with van der Waals surface area (Å²) in [5.74, 6) is 1.26. The molecule has 5 aliphatic rings. The predicted octanol–water partition coefficient (Wildman–Crippen LogP) is 23.0. The number of pyridine rings is 2. The second-order valence-corrected chi connectivity index (χ2v) is 39.2. The van der Waals surface area contributed by atoms with Gasteiger partial charge < -0.3 is 56.2 Å². The van der Waals surface area contributed by atoms with Crippen LogP contribution < -0.4 is 0 Å². The number of benzene rings is 7. The molecule has 0 aliphatic carbocycles. The van der Waals surface area contributed by atoms with Crippen LogP contribution in [0, 0.1) is 63.6 Å². The third kappa shape index (κ3) is 34.9. The molecular weight excluding hydrogens is 2120 g/mol. The number of halogens is 7. The number of methoxy groups -OCH3 is 1. The van der Waals surface area contributed by atoms with Crippen molar-refractivity contribution in [3.8, 4) is 64.1 Å². The van der Waals surface area contributed by atoms with Crippen molar-refractivity contribution in [1.29, 1.82) is 26.3 Å². The van der Waals surface area contributed by atoms with E-state index in [-0.39, 0.29) is 34.2 Å². The van der Waals surface area contributed by atoms with Gasteiger partial charge in [-0.1, -0.05) is 152 Å². The molecule has 5 saturated heterocycles. The number of aromatic nitrogens is 2. The van der Waals surface area contributed by atoms with E-state index < -0.39 is 21.2 Å². The monoisotopic (exact) mass is 2230 g/mol. The number of carbonyl (C=O) groups excluding carboxylic acids is 2. The molecule has 725 valence electrons. The van der Waals surface area contributed by atoms with Gasteiger partial charge >= 0.3 is 38.8 Å². The van der Waals surface area contributed by atoms with Gasteiger partial charge in [-0.25, -0.2) is 0 Å². The average molecular weight is 2240 g/mol. The molecule has 9 heterocycles. The number of carbonyl (C=O) groups is 2. The number of nitrogens with zero attached hydrogens (tertiary/aromatic N) is 13. The number of thiol groups is 1. The van der Waals surface area contributed by atoms with Crippen molar-refractivity contribution in [2.45, 2.75) is 129 Å². The molecule has 0 saturated carbocycles. The van der Waals surface area contributed by atoms with Gasteiger partial charge in [0.15, 0.2) is 11.2 Å². The minimum absolute atomic E-state index is 0.0316. The SMILES string of the molecule is C1CCOCC1.CC1(C)OB(B2OC(C)(C)C(C)(C)O2)OC1(C)C.CN(C)C(=O)c1ccc(-c2cc3nccc(Cl)c3o2)cc1.COCCN(C)Cc1ccc(-c2ccnc3cc(-c4ccc(C(=O)N(C)C)cc4)oc23)cc1C#N.Cc1ccc(Br)cc1C#N.N#Cc1cc(Br)ccc1CBr.N#Cc1cc(Br)ccc1CN1CCOCC1.N#Cc1cc(Br)ccc1CN1CCOCC1.[2H]CF.[B]=NS. The fourth-order valence-electron chi connectivity index (χ4n) is 13.8. The summed E-state index contributed by atoms with van der Waals surface area (Å²) in [7, 11) is 13.0. The van der Waals surface area contributed by atoms with Crippen molar-refractivity contribution in [2.24, 2.45) is 4.30 Å². The van der Waals surface area contributed by atoms with Crippen LogP contribution >= 0.6 is 104 Å². The molecule has 1 radical (unpaired) electrons. The first-order valence-corrected chi connectivity index (χ1v) is 49.2. The van der Waals surface area contributed by atoms with Crippen molar-refractivity contribution in [1.82, 2.24) is 34.5 Å². The summed E-state index contributed by atoms with van der Waals surface area (Å²) in [4.78, 5) is 42.6. The van der Waals surface area contributed by atoms with Crippen LogP contribution in [0.15, 0.2) is 207 Å². The number of furan rings is 2. The summed E-state index contributed by atoms with van der Waals surface area (Å²) in [6.45, 7) is 30.8. The van der Waals surface area contributed by atoms with E-state index in [1.54, 1.807) is 87.8 Å². The molecule has 16 rings (SSSR count). The molecule has 0 atom stereocenters. The summed E-state index contributed by atoms with van der Waals surface area (Å²) in [6.07, 6.45) is 7.32. The second-order valence-electron chi connectivity index (χ2n) is 34.3. The molecule has 0 N–H and O–H groups in total. The van der Waals surface area contributed by atoms with Gasteiger partial charge in [-0.05, 0) is 213 Å². The summed E-state index contributed by atoms with van der Waals surface area (Å²) in [5, 5.41) is 46.4. The number of aryl methyl sites for hydroxylation is 1. The maximum absolute atomic E-state index is 12.2. The molecule has 11 aromatic rings. The van der Waals surface area contributed by atoms with Crippen LogP contribution in [0.25, 0.3) is 56.0 Å². The van der Waals surface area contributed by atoms with Crippen LogP contribution in [-0.4, -0.2) is 219 Å². The molecule has 2 amide bonds. The average Bonchev–Trinajstić information content (AvgIpc) is 1.59. The van der Waals surface area contributed by atoms with Gasteiger partial charge in [-0.3, -0.25) is 38.6 Å². The Morgan fingerprint density at radius 2 is 0.877 bits per heavy atom. The first-order valence-electron chi connectivity index (χ1n) is 44.8. The Labute approximate surface area is 866 Å². The summed E-state index contributed by atoms with van der Waals surface area (Å²) in [6, 6.07) is 61.9. The van der Waals surface area contributed by atoms with Crippen LogP contribution in [0.3, 0.4) is 0 Å². The van der Waals surface area contributed by atoms with E-state index in [9.17, 15) is 19.2 Å². The van der Waals surface area contributed by atoms with E-state index in [1.807, 2.05) is 203 Å². The van der Waals surface area contributed by atoms with Gasteiger partial charge in [0.1, 0.15) is 22.6 Å². The Morgan fingerprint density at radius 1 is 0.522 bits per heavy atom. The van der Waals surface area contributed by atoms with E-state index in [1.165, 1.54) is 19.3 Å². The fraction of sp³-hybridized carbons (Fsp3) is 0.382. The van der Waals surface area contributed by atoms with E-state index in [2.05, 4.69) is 159 Å². The molecule has 36 heteroatoms. The molecule has 7 aromatic carbocycles. The molecular formula is C102H116B3Br5ClFN13O12S. The number of amides is 2.